The Balaban J connectivity index is 2.03. The van der Waals surface area contributed by atoms with Crippen molar-refractivity contribution < 1.29 is 18.0 Å². The number of anilines is 1. The van der Waals surface area contributed by atoms with E-state index in [1.54, 1.807) is 6.92 Å². The molecule has 2 amide bonds. The van der Waals surface area contributed by atoms with Crippen LogP contribution in [0.1, 0.15) is 37.4 Å². The molecule has 162 valence electrons. The Bertz CT molecular complexity index is 1040. The summed E-state index contributed by atoms with van der Waals surface area (Å²) in [6.45, 7) is 3.51. The van der Waals surface area contributed by atoms with Crippen LogP contribution in [-0.2, 0) is 26.2 Å². The van der Waals surface area contributed by atoms with Crippen LogP contribution >= 0.6 is 27.3 Å². The summed E-state index contributed by atoms with van der Waals surface area (Å²) in [6, 6.07) is 6.50. The van der Waals surface area contributed by atoms with Crippen molar-refractivity contribution in [3.8, 4) is 0 Å². The van der Waals surface area contributed by atoms with Gasteiger partial charge in [-0.25, -0.2) is 13.4 Å². The minimum absolute atomic E-state index is 0.0282. The summed E-state index contributed by atoms with van der Waals surface area (Å²) >= 11 is 4.27. The molecular formula is C19H23BrN4O4S2. The smallest absolute Gasteiger partial charge is 0.255 e. The van der Waals surface area contributed by atoms with Crippen molar-refractivity contribution >= 4 is 54.2 Å². The zero-order valence-electron chi connectivity index (χ0n) is 16.6. The van der Waals surface area contributed by atoms with Gasteiger partial charge in [-0.1, -0.05) is 39.4 Å². The number of amides is 2. The Morgan fingerprint density at radius 3 is 2.70 bits per heavy atom. The maximum absolute atomic E-state index is 13.7. The van der Waals surface area contributed by atoms with E-state index in [9.17, 15) is 18.0 Å². The molecule has 1 saturated heterocycles. The van der Waals surface area contributed by atoms with Crippen LogP contribution < -0.4 is 10.6 Å². The maximum atomic E-state index is 13.7. The van der Waals surface area contributed by atoms with Gasteiger partial charge in [0.25, 0.3) is 10.0 Å². The summed E-state index contributed by atoms with van der Waals surface area (Å²) in [5.41, 5.74) is 1.06. The van der Waals surface area contributed by atoms with E-state index in [2.05, 4.69) is 31.5 Å². The van der Waals surface area contributed by atoms with Gasteiger partial charge in [-0.3, -0.25) is 9.59 Å². The third-order valence-electron chi connectivity index (χ3n) is 4.69. The number of rotatable bonds is 6. The van der Waals surface area contributed by atoms with E-state index in [4.69, 9.17) is 0 Å². The van der Waals surface area contributed by atoms with Crippen molar-refractivity contribution in [1.82, 2.24) is 14.6 Å². The first-order valence-electron chi connectivity index (χ1n) is 9.47. The molecule has 0 bridgehead atoms. The number of carbonyl (C=O) groups excluding carboxylic acids is 2. The SMILES string of the molecule is CC(=O)Nc1nc(C)c(S(=O)(=O)N(Cc2ccc(Br)cc2)[C@@H]2CCCCNC2=O)s1. The number of nitrogens with one attached hydrogen (secondary N) is 2. The van der Waals surface area contributed by atoms with Gasteiger partial charge < -0.3 is 10.6 Å². The highest BCUT2D eigenvalue weighted by Crippen LogP contribution is 2.33. The van der Waals surface area contributed by atoms with E-state index < -0.39 is 16.1 Å². The Labute approximate surface area is 188 Å². The first-order chi connectivity index (χ1) is 14.2. The predicted molar refractivity (Wildman–Crippen MR) is 119 cm³/mol. The minimum atomic E-state index is -4.04. The summed E-state index contributed by atoms with van der Waals surface area (Å²) in [7, 11) is -4.04. The first kappa shape index (κ1) is 22.9. The number of hydrogen-bond acceptors (Lipinski definition) is 6. The summed E-state index contributed by atoms with van der Waals surface area (Å²) in [4.78, 5) is 28.2. The molecule has 0 radical (unpaired) electrons. The number of sulfonamides is 1. The molecule has 0 aliphatic carbocycles. The van der Waals surface area contributed by atoms with Gasteiger partial charge in [-0.2, -0.15) is 4.31 Å². The number of nitrogens with zero attached hydrogens (tertiary/aromatic N) is 2. The van der Waals surface area contributed by atoms with Gasteiger partial charge >= 0.3 is 0 Å². The van der Waals surface area contributed by atoms with E-state index in [0.29, 0.717) is 18.7 Å². The Kier molecular flexibility index (Phi) is 7.27. The van der Waals surface area contributed by atoms with Crippen LogP contribution in [0.4, 0.5) is 5.13 Å². The lowest BCUT2D eigenvalue weighted by Gasteiger charge is -2.28. The number of carbonyl (C=O) groups is 2. The van der Waals surface area contributed by atoms with Crippen LogP contribution in [0.3, 0.4) is 0 Å². The maximum Gasteiger partial charge on any atom is 0.255 e. The van der Waals surface area contributed by atoms with Crippen LogP contribution in [0.2, 0.25) is 0 Å². The first-order valence-corrected chi connectivity index (χ1v) is 12.5. The van der Waals surface area contributed by atoms with Crippen molar-refractivity contribution in [2.24, 2.45) is 0 Å². The Hall–Kier alpha value is -1.82. The van der Waals surface area contributed by atoms with Crippen molar-refractivity contribution in [3.63, 3.8) is 0 Å². The molecule has 8 nitrogen and oxygen atoms in total. The fourth-order valence-electron chi connectivity index (χ4n) is 3.26. The molecule has 1 atom stereocenters. The molecular weight excluding hydrogens is 492 g/mol. The molecule has 1 aromatic heterocycles. The molecule has 1 aliphatic rings. The molecule has 11 heteroatoms. The average molecular weight is 515 g/mol. The van der Waals surface area contributed by atoms with Gasteiger partial charge in [0.05, 0.1) is 5.69 Å². The second kappa shape index (κ2) is 9.54. The number of aromatic nitrogens is 1. The lowest BCUT2D eigenvalue weighted by molar-refractivity contribution is -0.124. The fraction of sp³-hybridized carbons (Fsp3) is 0.421. The summed E-state index contributed by atoms with van der Waals surface area (Å²) in [5, 5.41) is 5.57. The molecule has 2 N–H and O–H groups in total. The van der Waals surface area contributed by atoms with Gasteiger partial charge in [0.15, 0.2) is 9.34 Å². The minimum Gasteiger partial charge on any atom is -0.355 e. The number of aryl methyl sites for hydroxylation is 1. The molecule has 30 heavy (non-hydrogen) atoms. The van der Waals surface area contributed by atoms with Crippen LogP contribution in [0.25, 0.3) is 0 Å². The highest BCUT2D eigenvalue weighted by Gasteiger charge is 2.38. The average Bonchev–Trinajstić information content (AvgIpc) is 2.91. The summed E-state index contributed by atoms with van der Waals surface area (Å²) < 4.78 is 29.5. The number of hydrogen-bond donors (Lipinski definition) is 2. The number of benzene rings is 1. The Morgan fingerprint density at radius 2 is 2.03 bits per heavy atom. The van der Waals surface area contributed by atoms with Crippen LogP contribution in [0.5, 0.6) is 0 Å². The molecule has 0 spiro atoms. The lowest BCUT2D eigenvalue weighted by Crippen LogP contribution is -2.48. The van der Waals surface area contributed by atoms with Gasteiger partial charge in [-0.05, 0) is 43.9 Å². The molecule has 1 aromatic carbocycles. The predicted octanol–water partition coefficient (Wildman–Crippen LogP) is 3.03. The third kappa shape index (κ3) is 5.26. The zero-order valence-corrected chi connectivity index (χ0v) is 19.9. The number of halogens is 1. The van der Waals surface area contributed by atoms with Gasteiger partial charge in [0.2, 0.25) is 11.8 Å². The second-order valence-electron chi connectivity index (χ2n) is 7.05. The van der Waals surface area contributed by atoms with Gasteiger partial charge in [0, 0.05) is 24.5 Å². The summed E-state index contributed by atoms with van der Waals surface area (Å²) in [5.74, 6) is -0.625. The van der Waals surface area contributed by atoms with Crippen molar-refractivity contribution in [3.05, 3.63) is 40.0 Å². The van der Waals surface area contributed by atoms with Crippen LogP contribution in [-0.4, -0.2) is 42.1 Å². The topological polar surface area (TPSA) is 108 Å². The van der Waals surface area contributed by atoms with Gasteiger partial charge in [0.1, 0.15) is 6.04 Å². The molecule has 0 saturated carbocycles. The molecule has 3 rings (SSSR count). The standard InChI is InChI=1S/C19H23BrN4O4S2/c1-12-18(29-19(22-12)23-13(2)25)30(27,28)24(11-14-6-8-15(20)9-7-14)16-5-3-4-10-21-17(16)26/h6-9,16H,3-5,10-11H2,1-2H3,(H,21,26)(H,22,23,25)/t16-/m1/s1. The van der Waals surface area contributed by atoms with E-state index in [1.807, 2.05) is 24.3 Å². The lowest BCUT2D eigenvalue weighted by atomic mass is 10.1. The Morgan fingerprint density at radius 1 is 1.33 bits per heavy atom. The van der Waals surface area contributed by atoms with Crippen molar-refractivity contribution in [2.45, 2.75) is 49.9 Å². The normalized spacial score (nSPS) is 17.5. The number of thiazole rings is 1. The molecule has 2 heterocycles. The van der Waals surface area contributed by atoms with E-state index in [0.717, 1.165) is 34.2 Å². The monoisotopic (exact) mass is 514 g/mol. The molecule has 0 unspecified atom stereocenters. The van der Waals surface area contributed by atoms with Gasteiger partial charge in [-0.15, -0.1) is 0 Å². The fourth-order valence-corrected chi connectivity index (χ4v) is 6.71. The quantitative estimate of drug-likeness (QED) is 0.615. The highest BCUT2D eigenvalue weighted by molar-refractivity contribution is 9.10. The molecule has 1 fully saturated rings. The largest absolute Gasteiger partial charge is 0.355 e. The van der Waals surface area contributed by atoms with Crippen molar-refractivity contribution in [1.29, 1.82) is 0 Å². The second-order valence-corrected chi connectivity index (χ2v) is 11.1. The summed E-state index contributed by atoms with van der Waals surface area (Å²) in [6.07, 6.45) is 1.99. The van der Waals surface area contributed by atoms with E-state index in [1.165, 1.54) is 11.2 Å². The van der Waals surface area contributed by atoms with Crippen LogP contribution in [0, 0.1) is 6.92 Å². The van der Waals surface area contributed by atoms with Crippen molar-refractivity contribution in [2.75, 3.05) is 11.9 Å². The van der Waals surface area contributed by atoms with E-state index >= 15 is 0 Å². The van der Waals surface area contributed by atoms with Crippen LogP contribution in [0.15, 0.2) is 32.9 Å². The zero-order chi connectivity index (χ0) is 21.9. The highest BCUT2D eigenvalue weighted by atomic mass is 79.9. The molecule has 1 aliphatic heterocycles. The van der Waals surface area contributed by atoms with E-state index in [-0.39, 0.29) is 27.7 Å². The molecule has 2 aromatic rings. The third-order valence-corrected chi connectivity index (χ3v) is 8.73.